The number of nitrogens with zero attached hydrogens (tertiary/aromatic N) is 2. The number of hydrogen-bond donors (Lipinski definition) is 2. The number of aromatic nitrogens is 2. The first kappa shape index (κ1) is 9.06. The van der Waals surface area contributed by atoms with Gasteiger partial charge in [0, 0.05) is 12.2 Å². The van der Waals surface area contributed by atoms with Crippen LogP contribution in [0, 0.1) is 6.92 Å². The average Bonchev–Trinajstić information content (AvgIpc) is 2.61. The Morgan fingerprint density at radius 1 is 1.40 bits per heavy atom. The van der Waals surface area contributed by atoms with E-state index in [-0.39, 0.29) is 0 Å². The van der Waals surface area contributed by atoms with E-state index in [9.17, 15) is 0 Å². The van der Waals surface area contributed by atoms with Gasteiger partial charge in [-0.05, 0) is 42.5 Å². The Kier molecular flexibility index (Phi) is 1.90. The minimum Gasteiger partial charge on any atom is -0.382 e. The molecule has 0 amide bonds. The first-order valence-electron chi connectivity index (χ1n) is 5.01. The van der Waals surface area contributed by atoms with Gasteiger partial charge in [0.2, 0.25) is 0 Å². The molecular formula is C10H12N4S. The molecule has 3 rings (SSSR count). The topological polar surface area (TPSA) is 63.8 Å². The molecule has 0 spiro atoms. The van der Waals surface area contributed by atoms with Gasteiger partial charge >= 0.3 is 0 Å². The van der Waals surface area contributed by atoms with Crippen molar-refractivity contribution in [1.29, 1.82) is 0 Å². The molecule has 0 aromatic carbocycles. The van der Waals surface area contributed by atoms with Crippen molar-refractivity contribution >= 4 is 27.6 Å². The summed E-state index contributed by atoms with van der Waals surface area (Å²) in [5.74, 6) is 0.627. The molecule has 15 heavy (non-hydrogen) atoms. The monoisotopic (exact) mass is 220 g/mol. The summed E-state index contributed by atoms with van der Waals surface area (Å²) in [6.07, 6.45) is 1.04. The third-order valence-electron chi connectivity index (χ3n) is 2.93. The molecule has 2 aromatic heterocycles. The SMILES string of the molecule is Cc1nc2snc(N)c2c2c1CCNC2. The van der Waals surface area contributed by atoms with E-state index in [1.165, 1.54) is 22.7 Å². The molecule has 0 fully saturated rings. The molecule has 0 unspecified atom stereocenters. The molecule has 1 aliphatic heterocycles. The average molecular weight is 220 g/mol. The van der Waals surface area contributed by atoms with E-state index in [1.807, 2.05) is 0 Å². The summed E-state index contributed by atoms with van der Waals surface area (Å²) in [7, 11) is 0. The van der Waals surface area contributed by atoms with Gasteiger partial charge in [-0.3, -0.25) is 0 Å². The van der Waals surface area contributed by atoms with Crippen LogP contribution in [0.2, 0.25) is 0 Å². The highest BCUT2D eigenvalue weighted by atomic mass is 32.1. The molecule has 0 radical (unpaired) electrons. The first-order valence-corrected chi connectivity index (χ1v) is 5.78. The van der Waals surface area contributed by atoms with Gasteiger partial charge in [0.15, 0.2) is 0 Å². The molecule has 0 bridgehead atoms. The number of nitrogen functional groups attached to an aromatic ring is 1. The van der Waals surface area contributed by atoms with Crippen LogP contribution in [0.4, 0.5) is 5.82 Å². The van der Waals surface area contributed by atoms with Crippen molar-refractivity contribution < 1.29 is 0 Å². The Balaban J connectivity index is 2.42. The molecular weight excluding hydrogens is 208 g/mol. The summed E-state index contributed by atoms with van der Waals surface area (Å²) in [5.41, 5.74) is 9.67. The molecule has 5 heteroatoms. The second-order valence-corrected chi connectivity index (χ2v) is 4.58. The van der Waals surface area contributed by atoms with Gasteiger partial charge in [-0.2, -0.15) is 4.37 Å². The molecule has 0 atom stereocenters. The van der Waals surface area contributed by atoms with E-state index in [4.69, 9.17) is 5.73 Å². The molecule has 0 saturated carbocycles. The Morgan fingerprint density at radius 3 is 3.13 bits per heavy atom. The van der Waals surface area contributed by atoms with Crippen molar-refractivity contribution in [3.63, 3.8) is 0 Å². The fourth-order valence-corrected chi connectivity index (χ4v) is 2.97. The molecule has 3 heterocycles. The van der Waals surface area contributed by atoms with Crippen molar-refractivity contribution in [2.45, 2.75) is 19.9 Å². The Hall–Kier alpha value is -1.20. The smallest absolute Gasteiger partial charge is 0.147 e. The fourth-order valence-electron chi connectivity index (χ4n) is 2.20. The maximum atomic E-state index is 5.88. The summed E-state index contributed by atoms with van der Waals surface area (Å²) >= 11 is 1.39. The standard InChI is InChI=1S/C10H12N4S/c1-5-6-2-3-12-4-7(6)8-9(11)14-15-10(8)13-5/h12H,2-4H2,1H3,(H2,11,14). The number of nitrogens with two attached hydrogens (primary N) is 1. The van der Waals surface area contributed by atoms with E-state index in [1.54, 1.807) is 0 Å². The molecule has 1 aliphatic rings. The van der Waals surface area contributed by atoms with Crippen LogP contribution in [0.1, 0.15) is 16.8 Å². The van der Waals surface area contributed by atoms with Gasteiger partial charge in [-0.15, -0.1) is 0 Å². The molecule has 0 aliphatic carbocycles. The van der Waals surface area contributed by atoms with Gasteiger partial charge in [0.25, 0.3) is 0 Å². The zero-order valence-electron chi connectivity index (χ0n) is 8.50. The van der Waals surface area contributed by atoms with Crippen molar-refractivity contribution in [3.05, 3.63) is 16.8 Å². The number of anilines is 1. The number of rotatable bonds is 0. The lowest BCUT2D eigenvalue weighted by Gasteiger charge is -2.19. The highest BCUT2D eigenvalue weighted by Gasteiger charge is 2.19. The van der Waals surface area contributed by atoms with E-state index >= 15 is 0 Å². The van der Waals surface area contributed by atoms with Crippen LogP contribution in [0.15, 0.2) is 0 Å². The summed E-state index contributed by atoms with van der Waals surface area (Å²) in [6, 6.07) is 0. The molecule has 2 aromatic rings. The van der Waals surface area contributed by atoms with Crippen LogP contribution in [0.3, 0.4) is 0 Å². The number of nitrogens with one attached hydrogen (secondary N) is 1. The summed E-state index contributed by atoms with van der Waals surface area (Å²) in [4.78, 5) is 5.52. The highest BCUT2D eigenvalue weighted by molar-refractivity contribution is 7.13. The minimum atomic E-state index is 0.627. The quantitative estimate of drug-likeness (QED) is 0.701. The van der Waals surface area contributed by atoms with E-state index in [0.29, 0.717) is 5.82 Å². The first-order chi connectivity index (χ1) is 7.27. The van der Waals surface area contributed by atoms with Crippen molar-refractivity contribution in [2.24, 2.45) is 0 Å². The van der Waals surface area contributed by atoms with Crippen molar-refractivity contribution in [2.75, 3.05) is 12.3 Å². The van der Waals surface area contributed by atoms with E-state index in [0.717, 1.165) is 35.4 Å². The number of pyridine rings is 1. The minimum absolute atomic E-state index is 0.627. The lowest BCUT2D eigenvalue weighted by molar-refractivity contribution is 0.643. The zero-order chi connectivity index (χ0) is 10.4. The van der Waals surface area contributed by atoms with Crippen LogP contribution in [0.5, 0.6) is 0 Å². The third-order valence-corrected chi connectivity index (χ3v) is 3.68. The zero-order valence-corrected chi connectivity index (χ0v) is 9.32. The summed E-state index contributed by atoms with van der Waals surface area (Å²) < 4.78 is 4.17. The Morgan fingerprint density at radius 2 is 2.27 bits per heavy atom. The Bertz CT molecular complexity index is 532. The number of fused-ring (bicyclic) bond motifs is 3. The largest absolute Gasteiger partial charge is 0.382 e. The predicted molar refractivity (Wildman–Crippen MR) is 62.0 cm³/mol. The highest BCUT2D eigenvalue weighted by Crippen LogP contribution is 2.31. The molecule has 4 nitrogen and oxygen atoms in total. The lowest BCUT2D eigenvalue weighted by atomic mass is 9.98. The summed E-state index contributed by atoms with van der Waals surface area (Å²) in [6.45, 7) is 3.98. The second kappa shape index (κ2) is 3.15. The normalized spacial score (nSPS) is 15.5. The van der Waals surface area contributed by atoms with Crippen molar-refractivity contribution in [1.82, 2.24) is 14.7 Å². The van der Waals surface area contributed by atoms with Gasteiger partial charge < -0.3 is 11.1 Å². The Labute approximate surface area is 91.7 Å². The van der Waals surface area contributed by atoms with Crippen LogP contribution in [-0.4, -0.2) is 15.9 Å². The van der Waals surface area contributed by atoms with E-state index < -0.39 is 0 Å². The third kappa shape index (κ3) is 1.23. The van der Waals surface area contributed by atoms with Crippen LogP contribution in [-0.2, 0) is 13.0 Å². The predicted octanol–water partition coefficient (Wildman–Crippen LogP) is 1.23. The fraction of sp³-hybridized carbons (Fsp3) is 0.400. The van der Waals surface area contributed by atoms with Crippen LogP contribution >= 0.6 is 11.5 Å². The number of aryl methyl sites for hydroxylation is 1. The second-order valence-electron chi connectivity index (χ2n) is 3.83. The van der Waals surface area contributed by atoms with Gasteiger partial charge in [-0.25, -0.2) is 4.98 Å². The van der Waals surface area contributed by atoms with Gasteiger partial charge in [-0.1, -0.05) is 0 Å². The van der Waals surface area contributed by atoms with Crippen LogP contribution < -0.4 is 11.1 Å². The maximum Gasteiger partial charge on any atom is 0.147 e. The van der Waals surface area contributed by atoms with E-state index in [2.05, 4.69) is 21.6 Å². The molecule has 78 valence electrons. The van der Waals surface area contributed by atoms with Gasteiger partial charge in [0.05, 0.1) is 5.39 Å². The lowest BCUT2D eigenvalue weighted by Crippen LogP contribution is -2.25. The van der Waals surface area contributed by atoms with Crippen molar-refractivity contribution in [3.8, 4) is 0 Å². The van der Waals surface area contributed by atoms with Crippen LogP contribution in [0.25, 0.3) is 10.2 Å². The summed E-state index contributed by atoms with van der Waals surface area (Å²) in [5, 5.41) is 4.43. The molecule has 3 N–H and O–H groups in total. The van der Waals surface area contributed by atoms with Gasteiger partial charge in [0.1, 0.15) is 10.6 Å². The molecule has 0 saturated heterocycles. The number of hydrogen-bond acceptors (Lipinski definition) is 5. The maximum absolute atomic E-state index is 5.88.